The van der Waals surface area contributed by atoms with E-state index in [0.717, 1.165) is 59.2 Å². The van der Waals surface area contributed by atoms with E-state index < -0.39 is 0 Å². The second-order valence-corrected chi connectivity index (χ2v) is 15.9. The number of thiophene rings is 2. The molecular formula is C49H33N5OS2. The first kappa shape index (κ1) is 34.5. The molecule has 0 fully saturated rings. The topological polar surface area (TPSA) is 102 Å². The summed E-state index contributed by atoms with van der Waals surface area (Å²) in [4.78, 5) is 15.9. The summed E-state index contributed by atoms with van der Waals surface area (Å²) in [6.07, 6.45) is 0. The lowest BCUT2D eigenvalue weighted by atomic mass is 10.0. The van der Waals surface area contributed by atoms with Crippen LogP contribution >= 0.6 is 22.7 Å². The van der Waals surface area contributed by atoms with Crippen LogP contribution < -0.4 is 5.73 Å². The summed E-state index contributed by atoms with van der Waals surface area (Å²) in [5.41, 5.74) is 14.1. The van der Waals surface area contributed by atoms with Crippen molar-refractivity contribution >= 4 is 86.3 Å². The number of aromatic nitrogens is 3. The Morgan fingerprint density at radius 2 is 1.14 bits per heavy atom. The molecule has 0 amide bonds. The first-order chi connectivity index (χ1) is 28.0. The van der Waals surface area contributed by atoms with Crippen LogP contribution in [0.1, 0.15) is 16.0 Å². The number of benzene rings is 7. The molecule has 3 N–H and O–H groups in total. The van der Waals surface area contributed by atoms with Crippen molar-refractivity contribution < 1.29 is 4.42 Å². The molecule has 11 rings (SSSR count). The van der Waals surface area contributed by atoms with E-state index in [9.17, 15) is 0 Å². The van der Waals surface area contributed by atoms with Gasteiger partial charge in [-0.25, -0.2) is 15.0 Å². The molecule has 0 spiro atoms. The third-order valence-corrected chi connectivity index (χ3v) is 12.5. The fraction of sp³-hybridized carbons (Fsp3) is 0.0204. The van der Waals surface area contributed by atoms with E-state index in [1.165, 1.54) is 25.7 Å². The average molecular weight is 772 g/mol. The summed E-state index contributed by atoms with van der Waals surface area (Å²) in [6, 6.07) is 55.0. The first-order valence-electron chi connectivity index (χ1n) is 18.6. The van der Waals surface area contributed by atoms with E-state index in [1.807, 2.05) is 127 Å². The minimum absolute atomic E-state index is 0.495. The van der Waals surface area contributed by atoms with Gasteiger partial charge in [0.25, 0.3) is 0 Å². The van der Waals surface area contributed by atoms with Crippen molar-refractivity contribution in [3.63, 3.8) is 0 Å². The number of hydrogen-bond donors (Lipinski definition) is 2. The molecule has 0 aliphatic rings. The molecule has 7 aromatic carbocycles. The lowest BCUT2D eigenvalue weighted by Crippen LogP contribution is -2.01. The van der Waals surface area contributed by atoms with Gasteiger partial charge in [-0.05, 0) is 55.0 Å². The number of nitrogens with zero attached hydrogens (tertiary/aromatic N) is 3. The molecule has 0 atom stereocenters. The van der Waals surface area contributed by atoms with Crippen molar-refractivity contribution in [3.05, 3.63) is 180 Å². The number of anilines is 1. The summed E-state index contributed by atoms with van der Waals surface area (Å²) in [6.45, 7) is 2.17. The quantitative estimate of drug-likeness (QED) is 0.170. The standard InChI is InChI=1S/C34H21N3OS.C15H12N2S/c1-20-9-7-15-28-30(20)31-24(13-8-16-29(31)39-28)34-36-32(21-10-3-2-4-11-21)35-33(37-34)22-17-18-27-25(19-22)23-12-5-6-14-26(23)38-27;16-13(10-6-2-1-3-7-10)15-14(17)11-8-4-5-9-12(11)18-15/h2-19H,1H3;1-9,16H,17H2. The van der Waals surface area contributed by atoms with Crippen LogP contribution in [0, 0.1) is 12.3 Å². The summed E-state index contributed by atoms with van der Waals surface area (Å²) < 4.78 is 9.70. The van der Waals surface area contributed by atoms with Crippen molar-refractivity contribution in [1.82, 2.24) is 15.0 Å². The van der Waals surface area contributed by atoms with Crippen LogP contribution in [-0.4, -0.2) is 20.7 Å². The first-order valence-corrected chi connectivity index (χ1v) is 20.2. The van der Waals surface area contributed by atoms with Crippen molar-refractivity contribution in [3.8, 4) is 34.2 Å². The molecular weight excluding hydrogens is 739 g/mol. The summed E-state index contributed by atoms with van der Waals surface area (Å²) >= 11 is 3.39. The molecule has 0 unspecified atom stereocenters. The number of furan rings is 1. The van der Waals surface area contributed by atoms with Gasteiger partial charge in [0.15, 0.2) is 17.5 Å². The normalized spacial score (nSPS) is 11.4. The Morgan fingerprint density at radius 3 is 1.93 bits per heavy atom. The minimum Gasteiger partial charge on any atom is -0.456 e. The Labute approximate surface area is 336 Å². The number of fused-ring (bicyclic) bond motifs is 7. The van der Waals surface area contributed by atoms with E-state index >= 15 is 0 Å². The molecule has 57 heavy (non-hydrogen) atoms. The predicted octanol–water partition coefficient (Wildman–Crippen LogP) is 13.3. The summed E-state index contributed by atoms with van der Waals surface area (Å²) in [5, 5.41) is 13.9. The Bertz CT molecular complexity index is 3290. The second-order valence-electron chi connectivity index (χ2n) is 13.8. The number of para-hydroxylation sites is 1. The number of nitrogen functional groups attached to an aromatic ring is 1. The number of rotatable bonds is 5. The van der Waals surface area contributed by atoms with Crippen LogP contribution in [0.3, 0.4) is 0 Å². The monoisotopic (exact) mass is 771 g/mol. The highest BCUT2D eigenvalue weighted by Crippen LogP contribution is 2.41. The van der Waals surface area contributed by atoms with E-state index in [2.05, 4.69) is 55.5 Å². The number of aryl methyl sites for hydroxylation is 1. The molecule has 11 aromatic rings. The number of nitrogens with one attached hydrogen (secondary N) is 1. The lowest BCUT2D eigenvalue weighted by Gasteiger charge is -2.10. The fourth-order valence-electron chi connectivity index (χ4n) is 7.42. The molecule has 0 aliphatic heterocycles. The Hall–Kier alpha value is -7.00. The summed E-state index contributed by atoms with van der Waals surface area (Å²) in [5.74, 6) is 1.96. The molecule has 4 heterocycles. The summed E-state index contributed by atoms with van der Waals surface area (Å²) in [7, 11) is 0. The van der Waals surface area contributed by atoms with Crippen molar-refractivity contribution in [1.29, 1.82) is 5.41 Å². The molecule has 0 bridgehead atoms. The number of hydrogen-bond acceptors (Lipinski definition) is 8. The smallest absolute Gasteiger partial charge is 0.164 e. The molecule has 272 valence electrons. The van der Waals surface area contributed by atoms with Crippen LogP contribution in [0.5, 0.6) is 0 Å². The van der Waals surface area contributed by atoms with Gasteiger partial charge in [-0.15, -0.1) is 22.7 Å². The molecule has 0 saturated carbocycles. The van der Waals surface area contributed by atoms with E-state index in [4.69, 9.17) is 30.5 Å². The zero-order chi connectivity index (χ0) is 38.5. The predicted molar refractivity (Wildman–Crippen MR) is 240 cm³/mol. The van der Waals surface area contributed by atoms with Crippen LogP contribution in [0.2, 0.25) is 0 Å². The van der Waals surface area contributed by atoms with Crippen molar-refractivity contribution in [2.75, 3.05) is 5.73 Å². The van der Waals surface area contributed by atoms with Gasteiger partial charge in [-0.2, -0.15) is 0 Å². The van der Waals surface area contributed by atoms with Crippen LogP contribution in [0.4, 0.5) is 5.69 Å². The van der Waals surface area contributed by atoms with E-state index in [0.29, 0.717) is 28.9 Å². The Balaban J connectivity index is 0.000000184. The number of nitrogens with two attached hydrogens (primary N) is 1. The zero-order valence-corrected chi connectivity index (χ0v) is 32.4. The van der Waals surface area contributed by atoms with Crippen LogP contribution in [0.15, 0.2) is 168 Å². The van der Waals surface area contributed by atoms with E-state index in [1.54, 1.807) is 11.3 Å². The maximum absolute atomic E-state index is 8.27. The Morgan fingerprint density at radius 1 is 0.526 bits per heavy atom. The lowest BCUT2D eigenvalue weighted by molar-refractivity contribution is 0.669. The largest absolute Gasteiger partial charge is 0.456 e. The highest BCUT2D eigenvalue weighted by atomic mass is 32.1. The molecule has 6 nitrogen and oxygen atoms in total. The van der Waals surface area contributed by atoms with Gasteiger partial charge in [0, 0.05) is 63.3 Å². The van der Waals surface area contributed by atoms with Gasteiger partial charge in [0.05, 0.1) is 16.3 Å². The van der Waals surface area contributed by atoms with Crippen molar-refractivity contribution in [2.45, 2.75) is 6.92 Å². The molecule has 0 radical (unpaired) electrons. The van der Waals surface area contributed by atoms with E-state index in [-0.39, 0.29) is 0 Å². The fourth-order valence-corrected chi connectivity index (χ4v) is 9.72. The van der Waals surface area contributed by atoms with Gasteiger partial charge >= 0.3 is 0 Å². The van der Waals surface area contributed by atoms with Crippen LogP contribution in [-0.2, 0) is 0 Å². The Kier molecular flexibility index (Phi) is 8.62. The maximum Gasteiger partial charge on any atom is 0.164 e. The molecule has 0 aliphatic carbocycles. The second kappa shape index (κ2) is 14.3. The zero-order valence-electron chi connectivity index (χ0n) is 30.7. The molecule has 4 aromatic heterocycles. The minimum atomic E-state index is 0.495. The van der Waals surface area contributed by atoms with Gasteiger partial charge in [0.1, 0.15) is 11.2 Å². The van der Waals surface area contributed by atoms with Gasteiger partial charge < -0.3 is 10.2 Å². The molecule has 8 heteroatoms. The van der Waals surface area contributed by atoms with Crippen molar-refractivity contribution in [2.24, 2.45) is 0 Å². The highest BCUT2D eigenvalue weighted by molar-refractivity contribution is 7.26. The SMILES string of the molecule is Cc1cccc2sc3cccc(-c4nc(-c5ccccc5)nc(-c5ccc6oc7ccccc7c6c5)n4)c3c12.N=C(c1ccccc1)c1sc2ccccc2c1N. The average Bonchev–Trinajstić information content (AvgIpc) is 3.95. The van der Waals surface area contributed by atoms with Gasteiger partial charge in [-0.3, -0.25) is 5.41 Å². The molecule has 0 saturated heterocycles. The van der Waals surface area contributed by atoms with Crippen LogP contribution in [0.25, 0.3) is 86.4 Å². The van der Waals surface area contributed by atoms with Gasteiger partial charge in [-0.1, -0.05) is 121 Å². The third-order valence-electron chi connectivity index (χ3n) is 10.2. The highest BCUT2D eigenvalue weighted by Gasteiger charge is 2.19. The maximum atomic E-state index is 8.27. The van der Waals surface area contributed by atoms with Gasteiger partial charge in [0.2, 0.25) is 0 Å². The third kappa shape index (κ3) is 6.21.